The topological polar surface area (TPSA) is 9.23 Å². The lowest BCUT2D eigenvalue weighted by Crippen LogP contribution is -1.88. The van der Waals surface area contributed by atoms with Gasteiger partial charge in [-0.3, -0.25) is 0 Å². The van der Waals surface area contributed by atoms with Crippen LogP contribution < -0.4 is 0 Å². The van der Waals surface area contributed by atoms with Crippen molar-refractivity contribution in [2.75, 3.05) is 0 Å². The fourth-order valence-corrected chi connectivity index (χ4v) is 0.846. The van der Waals surface area contributed by atoms with Crippen LogP contribution in [0, 0.1) is 0 Å². The Morgan fingerprint density at radius 2 is 2.40 bits per heavy atom. The normalized spacial score (nSPS) is 15.1. The van der Waals surface area contributed by atoms with Crippen molar-refractivity contribution in [3.63, 3.8) is 0 Å². The summed E-state index contributed by atoms with van der Waals surface area (Å²) in [4.78, 5) is 0. The molecule has 1 nitrogen and oxygen atoms in total. The van der Waals surface area contributed by atoms with E-state index in [2.05, 4.69) is 13.0 Å². The summed E-state index contributed by atoms with van der Waals surface area (Å²) in [6.07, 6.45) is 9.19. The van der Waals surface area contributed by atoms with Gasteiger partial charge in [-0.25, -0.2) is 0 Å². The molecule has 0 aromatic rings. The van der Waals surface area contributed by atoms with Crippen molar-refractivity contribution >= 4 is 0 Å². The van der Waals surface area contributed by atoms with Gasteiger partial charge in [-0.15, -0.1) is 0 Å². The van der Waals surface area contributed by atoms with E-state index in [4.69, 9.17) is 4.74 Å². The lowest BCUT2D eigenvalue weighted by atomic mass is 10.2. The van der Waals surface area contributed by atoms with Gasteiger partial charge in [-0.05, 0) is 25.0 Å². The zero-order valence-corrected chi connectivity index (χ0v) is 5.76. The summed E-state index contributed by atoms with van der Waals surface area (Å²) in [5.74, 6) is 1.13. The summed E-state index contributed by atoms with van der Waals surface area (Å²) in [6, 6.07) is 0. The van der Waals surface area contributed by atoms with Gasteiger partial charge in [-0.2, -0.15) is 0 Å². The molecule has 0 aliphatic carbocycles. The lowest BCUT2D eigenvalue weighted by molar-refractivity contribution is 0.323. The summed E-state index contributed by atoms with van der Waals surface area (Å²) >= 11 is 0. The fraction of sp³-hybridized carbons (Fsp3) is 0.556. The summed E-state index contributed by atoms with van der Waals surface area (Å²) < 4.78 is 5.20. The Bertz CT molecular complexity index is 134. The van der Waals surface area contributed by atoms with Gasteiger partial charge in [0.25, 0.3) is 0 Å². The summed E-state index contributed by atoms with van der Waals surface area (Å²) in [5.41, 5.74) is 0. The van der Waals surface area contributed by atoms with E-state index < -0.39 is 0 Å². The molecule has 0 saturated heterocycles. The molecule has 1 heterocycles. The molecule has 0 spiro atoms. The van der Waals surface area contributed by atoms with E-state index in [1.165, 1.54) is 6.42 Å². The average molecular weight is 140 g/mol. The predicted octanol–water partition coefficient (Wildman–Crippen LogP) is 3.24. The first-order valence-electron chi connectivity index (χ1n) is 3.44. The van der Waals surface area contributed by atoms with Gasteiger partial charge in [0.2, 0.25) is 0 Å². The third-order valence-electron chi connectivity index (χ3n) is 1.29. The highest BCUT2D eigenvalue weighted by atomic mass is 16.5. The molecule has 0 fully saturated rings. The number of hydrogen-bond donors (Lipinski definition) is 0. The first-order valence-corrected chi connectivity index (χ1v) is 3.44. The van der Waals surface area contributed by atoms with Crippen LogP contribution in [0.4, 0.5) is 0 Å². The van der Waals surface area contributed by atoms with Crippen LogP contribution in [0.25, 0.3) is 0 Å². The highest BCUT2D eigenvalue weighted by Gasteiger charge is 1.96. The first kappa shape index (κ1) is 9.28. The van der Waals surface area contributed by atoms with E-state index >= 15 is 0 Å². The van der Waals surface area contributed by atoms with Crippen LogP contribution in [-0.4, -0.2) is 0 Å². The van der Waals surface area contributed by atoms with Crippen molar-refractivity contribution in [3.05, 3.63) is 24.2 Å². The molecule has 10 heavy (non-hydrogen) atoms. The van der Waals surface area contributed by atoms with E-state index in [0.717, 1.165) is 18.6 Å². The van der Waals surface area contributed by atoms with Crippen LogP contribution in [0.15, 0.2) is 24.2 Å². The molecule has 0 saturated carbocycles. The quantitative estimate of drug-likeness (QED) is 0.572. The minimum absolute atomic E-state index is 0. The van der Waals surface area contributed by atoms with Crippen LogP contribution in [0.5, 0.6) is 0 Å². The largest absolute Gasteiger partial charge is 0.470 e. The molecule has 1 rings (SSSR count). The van der Waals surface area contributed by atoms with Crippen LogP contribution in [0.3, 0.4) is 0 Å². The van der Waals surface area contributed by atoms with Crippen molar-refractivity contribution < 1.29 is 4.74 Å². The third kappa shape index (κ3) is 2.72. The first-order chi connectivity index (χ1) is 4.43. The molecule has 1 heteroatoms. The Balaban J connectivity index is 0.000000810. The molecule has 1 aliphatic heterocycles. The second-order valence-corrected chi connectivity index (χ2v) is 2.15. The second kappa shape index (κ2) is 5.10. The number of ether oxygens (including phenoxy) is 1. The maximum atomic E-state index is 5.20. The minimum Gasteiger partial charge on any atom is -0.470 e. The van der Waals surface area contributed by atoms with Crippen molar-refractivity contribution in [1.29, 1.82) is 0 Å². The van der Waals surface area contributed by atoms with Crippen LogP contribution >= 0.6 is 0 Å². The number of rotatable bonds is 2. The highest BCUT2D eigenvalue weighted by Crippen LogP contribution is 2.12. The highest BCUT2D eigenvalue weighted by molar-refractivity contribution is 5.03. The van der Waals surface area contributed by atoms with Gasteiger partial charge < -0.3 is 4.74 Å². The Labute approximate surface area is 63.4 Å². The van der Waals surface area contributed by atoms with Gasteiger partial charge in [0.1, 0.15) is 0 Å². The molecule has 0 N–H and O–H groups in total. The Morgan fingerprint density at radius 3 is 2.90 bits per heavy atom. The molecular weight excluding hydrogens is 124 g/mol. The van der Waals surface area contributed by atoms with Crippen molar-refractivity contribution in [1.82, 2.24) is 0 Å². The smallest absolute Gasteiger partial charge is 0.0995 e. The Morgan fingerprint density at radius 1 is 1.60 bits per heavy atom. The van der Waals surface area contributed by atoms with Gasteiger partial charge >= 0.3 is 0 Å². The molecule has 58 valence electrons. The molecule has 0 atom stereocenters. The zero-order chi connectivity index (χ0) is 6.53. The molecule has 0 unspecified atom stereocenters. The van der Waals surface area contributed by atoms with Gasteiger partial charge in [0.15, 0.2) is 0 Å². The lowest BCUT2D eigenvalue weighted by Gasteiger charge is -2.07. The maximum absolute atomic E-state index is 5.20. The monoisotopic (exact) mass is 140 g/mol. The van der Waals surface area contributed by atoms with E-state index in [9.17, 15) is 0 Å². The van der Waals surface area contributed by atoms with Crippen molar-refractivity contribution in [2.45, 2.75) is 33.6 Å². The van der Waals surface area contributed by atoms with Crippen LogP contribution in [0.2, 0.25) is 0 Å². The van der Waals surface area contributed by atoms with Crippen LogP contribution in [-0.2, 0) is 4.74 Å². The van der Waals surface area contributed by atoms with E-state index in [1.54, 1.807) is 6.26 Å². The molecule has 0 radical (unpaired) electrons. The number of allylic oxidation sites excluding steroid dienone is 3. The zero-order valence-electron chi connectivity index (χ0n) is 5.76. The molecule has 0 aromatic heterocycles. The predicted molar refractivity (Wildman–Crippen MR) is 44.6 cm³/mol. The third-order valence-corrected chi connectivity index (χ3v) is 1.29. The Hall–Kier alpha value is -0.720. The summed E-state index contributed by atoms with van der Waals surface area (Å²) in [5, 5.41) is 0. The average Bonchev–Trinajstić information content (AvgIpc) is 1.91. The SMILES string of the molecule is C.CCCC1=CCC=CO1. The van der Waals surface area contributed by atoms with Crippen molar-refractivity contribution in [2.24, 2.45) is 0 Å². The minimum atomic E-state index is 0. The fourth-order valence-electron chi connectivity index (χ4n) is 0.846. The van der Waals surface area contributed by atoms with E-state index in [1.807, 2.05) is 6.08 Å². The summed E-state index contributed by atoms with van der Waals surface area (Å²) in [7, 11) is 0. The molecule has 1 aliphatic rings. The van der Waals surface area contributed by atoms with Crippen LogP contribution in [0.1, 0.15) is 33.6 Å². The van der Waals surface area contributed by atoms with E-state index in [0.29, 0.717) is 0 Å². The number of hydrogen-bond acceptors (Lipinski definition) is 1. The van der Waals surface area contributed by atoms with E-state index in [-0.39, 0.29) is 7.43 Å². The van der Waals surface area contributed by atoms with Gasteiger partial charge in [0, 0.05) is 6.42 Å². The molecule has 0 bridgehead atoms. The maximum Gasteiger partial charge on any atom is 0.0995 e. The molecule has 0 aromatic carbocycles. The Kier molecular flexibility index (Phi) is 4.73. The van der Waals surface area contributed by atoms with Gasteiger partial charge in [0.05, 0.1) is 12.0 Å². The second-order valence-electron chi connectivity index (χ2n) is 2.15. The molecule has 0 amide bonds. The standard InChI is InChI=1S/C8H12O.CH4/c1-2-5-8-6-3-4-7-9-8;/h4,6-7H,2-3,5H2,1H3;1H4. The molecular formula is C9H16O. The summed E-state index contributed by atoms with van der Waals surface area (Å²) in [6.45, 7) is 2.16. The van der Waals surface area contributed by atoms with Crippen molar-refractivity contribution in [3.8, 4) is 0 Å². The van der Waals surface area contributed by atoms with Gasteiger partial charge in [-0.1, -0.05) is 14.4 Å².